The number of aryl methyl sites for hydroxylation is 1. The number of benzene rings is 1. The van der Waals surface area contributed by atoms with Crippen LogP contribution in [0.3, 0.4) is 0 Å². The van der Waals surface area contributed by atoms with Crippen molar-refractivity contribution in [1.82, 2.24) is 25.5 Å². The van der Waals surface area contributed by atoms with Gasteiger partial charge in [-0.15, -0.1) is 5.10 Å². The van der Waals surface area contributed by atoms with E-state index < -0.39 is 0 Å². The van der Waals surface area contributed by atoms with Crippen molar-refractivity contribution in [1.29, 1.82) is 0 Å². The van der Waals surface area contributed by atoms with Gasteiger partial charge < -0.3 is 10.6 Å². The first kappa shape index (κ1) is 13.7. The Balaban J connectivity index is 1.77. The average Bonchev–Trinajstić information content (AvgIpc) is 3.04. The van der Waals surface area contributed by atoms with Crippen molar-refractivity contribution in [3.63, 3.8) is 0 Å². The maximum Gasteiger partial charge on any atom is 0.228 e. The molecule has 2 N–H and O–H groups in total. The van der Waals surface area contributed by atoms with Gasteiger partial charge >= 0.3 is 0 Å². The van der Waals surface area contributed by atoms with Crippen molar-refractivity contribution in [2.24, 2.45) is 5.92 Å². The van der Waals surface area contributed by atoms with Crippen molar-refractivity contribution in [3.8, 4) is 5.69 Å². The van der Waals surface area contributed by atoms with Gasteiger partial charge in [-0.1, -0.05) is 6.07 Å². The number of hydrogen-bond acceptors (Lipinski definition) is 5. The van der Waals surface area contributed by atoms with Crippen LogP contribution >= 0.6 is 0 Å². The number of nitrogens with zero attached hydrogens (tertiary/aromatic N) is 4. The third-order valence-electron chi connectivity index (χ3n) is 3.74. The molecule has 0 radical (unpaired) electrons. The van der Waals surface area contributed by atoms with Gasteiger partial charge in [0.15, 0.2) is 0 Å². The minimum Gasteiger partial charge on any atom is -0.326 e. The maximum atomic E-state index is 12.3. The molecule has 1 aromatic heterocycles. The third-order valence-corrected chi connectivity index (χ3v) is 3.74. The number of piperidine rings is 1. The first-order valence-corrected chi connectivity index (χ1v) is 7.09. The van der Waals surface area contributed by atoms with Gasteiger partial charge in [0.1, 0.15) is 6.33 Å². The van der Waals surface area contributed by atoms with Crippen molar-refractivity contribution in [2.45, 2.75) is 19.8 Å². The fourth-order valence-corrected chi connectivity index (χ4v) is 2.53. The lowest BCUT2D eigenvalue weighted by atomic mass is 9.99. The maximum absolute atomic E-state index is 12.3. The van der Waals surface area contributed by atoms with Gasteiger partial charge in [0, 0.05) is 12.2 Å². The molecular formula is C14H18N6O. The summed E-state index contributed by atoms with van der Waals surface area (Å²) in [5.41, 5.74) is 2.67. The molecular weight excluding hydrogens is 268 g/mol. The van der Waals surface area contributed by atoms with E-state index in [1.807, 2.05) is 25.1 Å². The molecule has 1 aliphatic heterocycles. The molecule has 2 aromatic rings. The van der Waals surface area contributed by atoms with Crippen LogP contribution in [0, 0.1) is 12.8 Å². The highest BCUT2D eigenvalue weighted by Crippen LogP contribution is 2.20. The second-order valence-corrected chi connectivity index (χ2v) is 5.29. The molecule has 1 atom stereocenters. The summed E-state index contributed by atoms with van der Waals surface area (Å²) < 4.78 is 1.59. The van der Waals surface area contributed by atoms with Crippen LogP contribution in [0.5, 0.6) is 0 Å². The quantitative estimate of drug-likeness (QED) is 0.876. The Kier molecular flexibility index (Phi) is 3.92. The lowest BCUT2D eigenvalue weighted by Gasteiger charge is -2.22. The lowest BCUT2D eigenvalue weighted by molar-refractivity contribution is -0.120. The minimum absolute atomic E-state index is 0.0385. The number of rotatable bonds is 3. The molecule has 110 valence electrons. The van der Waals surface area contributed by atoms with Gasteiger partial charge in [0.2, 0.25) is 5.91 Å². The van der Waals surface area contributed by atoms with E-state index in [1.165, 1.54) is 0 Å². The summed E-state index contributed by atoms with van der Waals surface area (Å²) in [5, 5.41) is 17.4. The van der Waals surface area contributed by atoms with E-state index in [0.29, 0.717) is 0 Å². The molecule has 7 nitrogen and oxygen atoms in total. The summed E-state index contributed by atoms with van der Waals surface area (Å²) in [7, 11) is 0. The molecule has 1 aliphatic rings. The molecule has 1 saturated heterocycles. The molecule has 7 heteroatoms. The molecule has 1 aromatic carbocycles. The van der Waals surface area contributed by atoms with Crippen molar-refractivity contribution in [3.05, 3.63) is 30.1 Å². The molecule has 0 bridgehead atoms. The minimum atomic E-state index is 0.0385. The van der Waals surface area contributed by atoms with E-state index in [4.69, 9.17) is 0 Å². The number of aromatic nitrogens is 4. The number of carbonyl (C=O) groups excluding carboxylic acids is 1. The normalized spacial score (nSPS) is 18.4. The predicted octanol–water partition coefficient (Wildman–Crippen LogP) is 0.909. The number of tetrazole rings is 1. The van der Waals surface area contributed by atoms with Crippen molar-refractivity contribution in [2.75, 3.05) is 18.4 Å². The van der Waals surface area contributed by atoms with Crippen molar-refractivity contribution >= 4 is 11.6 Å². The summed E-state index contributed by atoms with van der Waals surface area (Å²) in [4.78, 5) is 12.3. The fourth-order valence-electron chi connectivity index (χ4n) is 2.53. The summed E-state index contributed by atoms with van der Waals surface area (Å²) in [6, 6.07) is 5.74. The topological polar surface area (TPSA) is 84.7 Å². The van der Waals surface area contributed by atoms with E-state index in [1.54, 1.807) is 11.0 Å². The van der Waals surface area contributed by atoms with Crippen LogP contribution in [-0.4, -0.2) is 39.2 Å². The molecule has 1 fully saturated rings. The molecule has 0 saturated carbocycles. The van der Waals surface area contributed by atoms with E-state index in [-0.39, 0.29) is 11.8 Å². The molecule has 21 heavy (non-hydrogen) atoms. The second kappa shape index (κ2) is 6.01. The van der Waals surface area contributed by atoms with Crippen LogP contribution in [0.2, 0.25) is 0 Å². The highest BCUT2D eigenvalue weighted by atomic mass is 16.1. The molecule has 0 aliphatic carbocycles. The van der Waals surface area contributed by atoms with Gasteiger partial charge in [-0.25, -0.2) is 4.68 Å². The zero-order chi connectivity index (χ0) is 14.7. The SMILES string of the molecule is Cc1ccc(NC(=O)[C@H]2CCCNC2)cc1-n1cnnn1. The highest BCUT2D eigenvalue weighted by Gasteiger charge is 2.21. The number of anilines is 1. The fraction of sp³-hybridized carbons (Fsp3) is 0.429. The third kappa shape index (κ3) is 3.08. The predicted molar refractivity (Wildman–Crippen MR) is 78.1 cm³/mol. The first-order valence-electron chi connectivity index (χ1n) is 7.09. The zero-order valence-corrected chi connectivity index (χ0v) is 11.9. The van der Waals surface area contributed by atoms with E-state index in [2.05, 4.69) is 26.2 Å². The first-order chi connectivity index (χ1) is 10.2. The Hall–Kier alpha value is -2.28. The van der Waals surface area contributed by atoms with Gasteiger partial charge in [-0.3, -0.25) is 4.79 Å². The molecule has 0 unspecified atom stereocenters. The van der Waals surface area contributed by atoms with Gasteiger partial charge in [-0.2, -0.15) is 0 Å². The summed E-state index contributed by atoms with van der Waals surface area (Å²) in [6.45, 7) is 3.73. The molecule has 2 heterocycles. The van der Waals surface area contributed by atoms with E-state index >= 15 is 0 Å². The zero-order valence-electron chi connectivity index (χ0n) is 11.9. The summed E-state index contributed by atoms with van der Waals surface area (Å²) in [5.74, 6) is 0.102. The van der Waals surface area contributed by atoms with Gasteiger partial charge in [0.05, 0.1) is 11.6 Å². The number of carbonyl (C=O) groups is 1. The Labute approximate surface area is 122 Å². The standard InChI is InChI=1S/C14H18N6O/c1-10-4-5-12(7-13(10)20-9-16-18-19-20)17-14(21)11-3-2-6-15-8-11/h4-5,7,9,11,15H,2-3,6,8H2,1H3,(H,17,21)/t11-/m0/s1. The highest BCUT2D eigenvalue weighted by molar-refractivity contribution is 5.93. The van der Waals surface area contributed by atoms with E-state index in [0.717, 1.165) is 42.9 Å². The molecule has 0 spiro atoms. The Bertz CT molecular complexity index is 618. The number of hydrogen-bond donors (Lipinski definition) is 2. The molecule has 3 rings (SSSR count). The Morgan fingerprint density at radius 3 is 3.10 bits per heavy atom. The van der Waals surface area contributed by atoms with Crippen LogP contribution in [0.1, 0.15) is 18.4 Å². The van der Waals surface area contributed by atoms with Gasteiger partial charge in [-0.05, 0) is 54.4 Å². The largest absolute Gasteiger partial charge is 0.326 e. The van der Waals surface area contributed by atoms with E-state index in [9.17, 15) is 4.79 Å². The summed E-state index contributed by atoms with van der Waals surface area (Å²) in [6.07, 6.45) is 3.52. The van der Waals surface area contributed by atoms with Crippen LogP contribution in [0.15, 0.2) is 24.5 Å². The second-order valence-electron chi connectivity index (χ2n) is 5.29. The van der Waals surface area contributed by atoms with Crippen molar-refractivity contribution < 1.29 is 4.79 Å². The smallest absolute Gasteiger partial charge is 0.228 e. The Morgan fingerprint density at radius 1 is 1.48 bits per heavy atom. The van der Waals surface area contributed by atoms with Crippen LogP contribution < -0.4 is 10.6 Å². The average molecular weight is 286 g/mol. The monoisotopic (exact) mass is 286 g/mol. The number of nitrogens with one attached hydrogen (secondary N) is 2. The molecule has 1 amide bonds. The summed E-state index contributed by atoms with van der Waals surface area (Å²) >= 11 is 0. The Morgan fingerprint density at radius 2 is 2.38 bits per heavy atom. The lowest BCUT2D eigenvalue weighted by Crippen LogP contribution is -2.37. The number of amides is 1. The van der Waals surface area contributed by atoms with Crippen LogP contribution in [0.4, 0.5) is 5.69 Å². The van der Waals surface area contributed by atoms with Gasteiger partial charge in [0.25, 0.3) is 0 Å². The van der Waals surface area contributed by atoms with Crippen LogP contribution in [0.25, 0.3) is 5.69 Å². The van der Waals surface area contributed by atoms with Crippen LogP contribution in [-0.2, 0) is 4.79 Å².